The van der Waals surface area contributed by atoms with Crippen molar-refractivity contribution >= 4 is 23.5 Å². The van der Waals surface area contributed by atoms with E-state index in [1.165, 1.54) is 12.1 Å². The predicted molar refractivity (Wildman–Crippen MR) is 107 cm³/mol. The fraction of sp³-hybridized carbons (Fsp3) is 0.130. The molecule has 0 fully saturated rings. The highest BCUT2D eigenvalue weighted by molar-refractivity contribution is 7.99. The van der Waals surface area contributed by atoms with Gasteiger partial charge in [0, 0.05) is 27.3 Å². The monoisotopic (exact) mass is 389 g/mol. The molecule has 5 rings (SSSR count). The smallest absolute Gasteiger partial charge is 0.251 e. The number of hydrogen-bond donors (Lipinski definition) is 1. The van der Waals surface area contributed by atoms with Gasteiger partial charge >= 0.3 is 0 Å². The van der Waals surface area contributed by atoms with Crippen LogP contribution in [-0.2, 0) is 0 Å². The molecule has 0 bridgehead atoms. The Morgan fingerprint density at radius 1 is 0.964 bits per heavy atom. The molecular formula is C23H16FNO2S. The third-order valence-corrected chi connectivity index (χ3v) is 6.43. The molecule has 1 aliphatic heterocycles. The Morgan fingerprint density at radius 3 is 2.61 bits per heavy atom. The lowest BCUT2D eigenvalue weighted by Gasteiger charge is -2.26. The van der Waals surface area contributed by atoms with Crippen LogP contribution in [0.25, 0.3) is 11.1 Å². The summed E-state index contributed by atoms with van der Waals surface area (Å²) in [5.74, 6) is 0.253. The summed E-state index contributed by atoms with van der Waals surface area (Å²) in [5, 5.41) is 3.02. The van der Waals surface area contributed by atoms with Crippen LogP contribution in [0.1, 0.15) is 44.3 Å². The average Bonchev–Trinajstić information content (AvgIpc) is 3.00. The molecule has 3 aromatic carbocycles. The van der Waals surface area contributed by atoms with E-state index in [4.69, 9.17) is 0 Å². The molecule has 3 nitrogen and oxygen atoms in total. The van der Waals surface area contributed by atoms with Crippen molar-refractivity contribution in [1.29, 1.82) is 0 Å². The van der Waals surface area contributed by atoms with Crippen LogP contribution in [0.2, 0.25) is 0 Å². The molecule has 5 heteroatoms. The summed E-state index contributed by atoms with van der Waals surface area (Å²) in [4.78, 5) is 26.5. The highest BCUT2D eigenvalue weighted by atomic mass is 32.2. The van der Waals surface area contributed by atoms with E-state index in [9.17, 15) is 14.0 Å². The van der Waals surface area contributed by atoms with E-state index in [1.54, 1.807) is 30.0 Å². The Bertz CT molecular complexity index is 1140. The first-order chi connectivity index (χ1) is 13.6. The van der Waals surface area contributed by atoms with Crippen LogP contribution in [-0.4, -0.2) is 17.4 Å². The van der Waals surface area contributed by atoms with Crippen LogP contribution in [0, 0.1) is 5.82 Å². The number of amides is 1. The summed E-state index contributed by atoms with van der Waals surface area (Å²) in [6.45, 7) is 0. The number of carbonyl (C=O) groups is 2. The van der Waals surface area contributed by atoms with Gasteiger partial charge in [-0.15, -0.1) is 11.8 Å². The summed E-state index contributed by atoms with van der Waals surface area (Å²) in [7, 11) is 0. The van der Waals surface area contributed by atoms with Crippen molar-refractivity contribution in [2.24, 2.45) is 0 Å². The van der Waals surface area contributed by atoms with Gasteiger partial charge < -0.3 is 5.32 Å². The Labute approximate surface area is 166 Å². The van der Waals surface area contributed by atoms with Gasteiger partial charge in [-0.25, -0.2) is 4.39 Å². The zero-order valence-corrected chi connectivity index (χ0v) is 15.7. The molecule has 0 aromatic heterocycles. The van der Waals surface area contributed by atoms with Crippen LogP contribution in [0.4, 0.5) is 4.39 Å². The molecule has 1 amide bonds. The fourth-order valence-electron chi connectivity index (χ4n) is 3.93. The second kappa shape index (κ2) is 6.60. The van der Waals surface area contributed by atoms with Crippen molar-refractivity contribution < 1.29 is 14.0 Å². The van der Waals surface area contributed by atoms with Gasteiger partial charge in [0.05, 0.1) is 6.04 Å². The van der Waals surface area contributed by atoms with Crippen LogP contribution in [0.3, 0.4) is 0 Å². The van der Waals surface area contributed by atoms with E-state index in [0.29, 0.717) is 16.7 Å². The van der Waals surface area contributed by atoms with E-state index in [-0.39, 0.29) is 23.5 Å². The zero-order chi connectivity index (χ0) is 19.3. The quantitative estimate of drug-likeness (QED) is 0.525. The zero-order valence-electron chi connectivity index (χ0n) is 14.9. The summed E-state index contributed by atoms with van der Waals surface area (Å²) in [6.07, 6.45) is 0.738. The van der Waals surface area contributed by atoms with Crippen molar-refractivity contribution in [3.05, 3.63) is 88.7 Å². The molecule has 138 valence electrons. The van der Waals surface area contributed by atoms with Gasteiger partial charge in [0.25, 0.3) is 5.91 Å². The maximum absolute atomic E-state index is 13.7. The van der Waals surface area contributed by atoms with E-state index in [2.05, 4.69) is 5.32 Å². The molecule has 0 saturated heterocycles. The maximum atomic E-state index is 13.7. The molecule has 0 saturated carbocycles. The van der Waals surface area contributed by atoms with Gasteiger partial charge in [-0.05, 0) is 53.4 Å². The Morgan fingerprint density at radius 2 is 1.75 bits per heavy atom. The van der Waals surface area contributed by atoms with Crippen molar-refractivity contribution in [3.63, 3.8) is 0 Å². The van der Waals surface area contributed by atoms with Crippen LogP contribution < -0.4 is 5.32 Å². The number of nitrogens with one attached hydrogen (secondary N) is 1. The Hall–Kier alpha value is -2.92. The number of ketones is 1. The standard InChI is InChI=1S/C23H16FNO2S/c24-14-6-8-21-19(12-14)20(9-10-28-21)25-23(27)13-5-7-16-15-3-1-2-4-17(15)22(26)18(16)11-13/h1-8,11-12,20H,9-10H2,(H,25,27)/t20-/m1/s1. The number of hydrogen-bond acceptors (Lipinski definition) is 3. The first-order valence-corrected chi connectivity index (χ1v) is 10.1. The van der Waals surface area contributed by atoms with Crippen molar-refractivity contribution in [1.82, 2.24) is 5.32 Å². The minimum absolute atomic E-state index is 0.0540. The summed E-state index contributed by atoms with van der Waals surface area (Å²) >= 11 is 1.67. The van der Waals surface area contributed by atoms with Gasteiger partial charge in [0.15, 0.2) is 5.78 Å². The van der Waals surface area contributed by atoms with E-state index < -0.39 is 0 Å². The maximum Gasteiger partial charge on any atom is 0.251 e. The predicted octanol–water partition coefficient (Wildman–Crippen LogP) is 5.00. The minimum Gasteiger partial charge on any atom is -0.345 e. The molecule has 0 spiro atoms. The lowest BCUT2D eigenvalue weighted by atomic mass is 10.0. The topological polar surface area (TPSA) is 46.2 Å². The molecule has 1 heterocycles. The number of halogens is 1. The molecular weight excluding hydrogens is 373 g/mol. The second-order valence-electron chi connectivity index (χ2n) is 6.98. The van der Waals surface area contributed by atoms with Gasteiger partial charge in [-0.2, -0.15) is 0 Å². The Balaban J connectivity index is 1.44. The fourth-order valence-corrected chi connectivity index (χ4v) is 5.03. The Kier molecular flexibility index (Phi) is 4.05. The minimum atomic E-state index is -0.304. The molecule has 1 atom stereocenters. The van der Waals surface area contributed by atoms with E-state index in [1.807, 2.05) is 30.3 Å². The molecule has 1 aliphatic carbocycles. The number of fused-ring (bicyclic) bond motifs is 4. The third-order valence-electron chi connectivity index (χ3n) is 5.30. The molecule has 3 aromatic rings. The summed E-state index contributed by atoms with van der Waals surface area (Å²) < 4.78 is 13.7. The van der Waals surface area contributed by atoms with Gasteiger partial charge in [-0.1, -0.05) is 30.3 Å². The molecule has 0 radical (unpaired) electrons. The van der Waals surface area contributed by atoms with Gasteiger partial charge in [0.1, 0.15) is 5.82 Å². The lowest BCUT2D eigenvalue weighted by molar-refractivity contribution is 0.0935. The molecule has 28 heavy (non-hydrogen) atoms. The lowest BCUT2D eigenvalue weighted by Crippen LogP contribution is -2.30. The number of thioether (sulfide) groups is 1. The number of carbonyl (C=O) groups excluding carboxylic acids is 2. The normalized spacial score (nSPS) is 16.9. The van der Waals surface area contributed by atoms with Crippen LogP contribution in [0.5, 0.6) is 0 Å². The highest BCUT2D eigenvalue weighted by Crippen LogP contribution is 2.38. The molecule has 2 aliphatic rings. The average molecular weight is 389 g/mol. The van der Waals surface area contributed by atoms with Crippen LogP contribution >= 0.6 is 11.8 Å². The highest BCUT2D eigenvalue weighted by Gasteiger charge is 2.28. The number of rotatable bonds is 2. The first kappa shape index (κ1) is 17.2. The van der Waals surface area contributed by atoms with E-state index >= 15 is 0 Å². The largest absolute Gasteiger partial charge is 0.345 e. The third kappa shape index (κ3) is 2.74. The van der Waals surface area contributed by atoms with Crippen LogP contribution in [0.15, 0.2) is 65.6 Å². The summed E-state index contributed by atoms with van der Waals surface area (Å²) in [5.41, 5.74) is 4.25. The van der Waals surface area contributed by atoms with Crippen molar-refractivity contribution in [2.45, 2.75) is 17.4 Å². The van der Waals surface area contributed by atoms with Crippen molar-refractivity contribution in [3.8, 4) is 11.1 Å². The van der Waals surface area contributed by atoms with Gasteiger partial charge in [-0.3, -0.25) is 9.59 Å². The summed E-state index contributed by atoms with van der Waals surface area (Å²) in [6, 6.07) is 17.2. The first-order valence-electron chi connectivity index (χ1n) is 9.13. The molecule has 0 unspecified atom stereocenters. The van der Waals surface area contributed by atoms with Gasteiger partial charge in [0.2, 0.25) is 0 Å². The number of benzene rings is 3. The SMILES string of the molecule is O=C(N[C@@H]1CCSc2ccc(F)cc21)c1ccc2c(c1)C(=O)c1ccccc1-2. The van der Waals surface area contributed by atoms with E-state index in [0.717, 1.165) is 33.8 Å². The molecule has 1 N–H and O–H groups in total. The second-order valence-corrected chi connectivity index (χ2v) is 8.12. The van der Waals surface area contributed by atoms with Crippen molar-refractivity contribution in [2.75, 3.05) is 5.75 Å².